The highest BCUT2D eigenvalue weighted by molar-refractivity contribution is 5.44. The number of hydrogen-bond acceptors (Lipinski definition) is 4. The number of halogens is 1. The van der Waals surface area contributed by atoms with Crippen molar-refractivity contribution in [2.45, 2.75) is 6.54 Å². The molecule has 0 aliphatic carbocycles. The van der Waals surface area contributed by atoms with Gasteiger partial charge in [0.15, 0.2) is 0 Å². The first kappa shape index (κ1) is 10.4. The van der Waals surface area contributed by atoms with Gasteiger partial charge in [-0.25, -0.2) is 14.4 Å². The van der Waals surface area contributed by atoms with Crippen molar-refractivity contribution in [1.82, 2.24) is 9.97 Å². The topological polar surface area (TPSA) is 63.8 Å². The molecule has 0 saturated carbocycles. The number of anilines is 2. The van der Waals surface area contributed by atoms with Crippen LogP contribution >= 0.6 is 0 Å². The maximum Gasteiger partial charge on any atom is 0.149 e. The summed E-state index contributed by atoms with van der Waals surface area (Å²) in [6.45, 7) is 0.339. The fraction of sp³-hybridized carbons (Fsp3) is 0.0909. The molecule has 16 heavy (non-hydrogen) atoms. The summed E-state index contributed by atoms with van der Waals surface area (Å²) in [5.74, 6) is 0.634. The molecule has 3 N–H and O–H groups in total. The molecule has 0 fully saturated rings. The lowest BCUT2D eigenvalue weighted by Crippen LogP contribution is -2.06. The molecule has 0 bridgehead atoms. The number of para-hydroxylation sites is 1. The SMILES string of the molecule is Nc1ccnc(CNc2ccccc2F)n1. The van der Waals surface area contributed by atoms with Crippen LogP contribution in [0.4, 0.5) is 15.9 Å². The number of nitrogens with one attached hydrogen (secondary N) is 1. The van der Waals surface area contributed by atoms with E-state index in [1.165, 1.54) is 6.07 Å². The highest BCUT2D eigenvalue weighted by Crippen LogP contribution is 2.12. The zero-order valence-corrected chi connectivity index (χ0v) is 8.52. The quantitative estimate of drug-likeness (QED) is 0.824. The minimum atomic E-state index is -0.300. The molecular weight excluding hydrogens is 207 g/mol. The van der Waals surface area contributed by atoms with Crippen LogP contribution in [0.3, 0.4) is 0 Å². The molecule has 1 aromatic carbocycles. The van der Waals surface area contributed by atoms with Gasteiger partial charge in [0.05, 0.1) is 12.2 Å². The van der Waals surface area contributed by atoms with E-state index in [0.29, 0.717) is 23.9 Å². The normalized spacial score (nSPS) is 10.1. The third kappa shape index (κ3) is 2.44. The number of benzene rings is 1. The molecule has 5 heteroatoms. The van der Waals surface area contributed by atoms with E-state index >= 15 is 0 Å². The molecule has 2 rings (SSSR count). The Morgan fingerprint density at radius 3 is 2.81 bits per heavy atom. The molecule has 0 spiro atoms. The Bertz CT molecular complexity index is 487. The Balaban J connectivity index is 2.05. The van der Waals surface area contributed by atoms with E-state index in [-0.39, 0.29) is 5.82 Å². The molecule has 4 nitrogen and oxygen atoms in total. The van der Waals surface area contributed by atoms with Crippen molar-refractivity contribution in [2.75, 3.05) is 11.1 Å². The molecule has 0 unspecified atom stereocenters. The van der Waals surface area contributed by atoms with Crippen molar-refractivity contribution >= 4 is 11.5 Å². The van der Waals surface area contributed by atoms with E-state index in [1.54, 1.807) is 30.5 Å². The standard InChI is InChI=1S/C11H11FN4/c12-8-3-1-2-4-9(8)15-7-11-14-6-5-10(13)16-11/h1-6,15H,7H2,(H2,13,14,16). The van der Waals surface area contributed by atoms with Gasteiger partial charge in [0.1, 0.15) is 17.5 Å². The molecule has 2 aromatic rings. The Labute approximate surface area is 92.3 Å². The van der Waals surface area contributed by atoms with Gasteiger partial charge in [0.2, 0.25) is 0 Å². The lowest BCUT2D eigenvalue weighted by molar-refractivity contribution is 0.630. The van der Waals surface area contributed by atoms with Gasteiger partial charge in [0.25, 0.3) is 0 Å². The summed E-state index contributed by atoms with van der Waals surface area (Å²) in [7, 11) is 0. The van der Waals surface area contributed by atoms with E-state index in [0.717, 1.165) is 0 Å². The predicted molar refractivity (Wildman–Crippen MR) is 60.2 cm³/mol. The molecule has 0 aliphatic rings. The van der Waals surface area contributed by atoms with Crippen LogP contribution in [0, 0.1) is 5.82 Å². The van der Waals surface area contributed by atoms with E-state index in [2.05, 4.69) is 15.3 Å². The van der Waals surface area contributed by atoms with Crippen LogP contribution in [0.1, 0.15) is 5.82 Å². The van der Waals surface area contributed by atoms with Crippen LogP contribution in [0.5, 0.6) is 0 Å². The number of nitrogens with zero attached hydrogens (tertiary/aromatic N) is 2. The third-order valence-electron chi connectivity index (χ3n) is 2.04. The summed E-state index contributed by atoms with van der Waals surface area (Å²) in [5, 5.41) is 2.90. The number of hydrogen-bond donors (Lipinski definition) is 2. The van der Waals surface area contributed by atoms with Gasteiger partial charge < -0.3 is 11.1 Å². The number of rotatable bonds is 3. The van der Waals surface area contributed by atoms with Crippen LogP contribution in [0.25, 0.3) is 0 Å². The molecule has 1 aromatic heterocycles. The highest BCUT2D eigenvalue weighted by atomic mass is 19.1. The van der Waals surface area contributed by atoms with Gasteiger partial charge in [-0.3, -0.25) is 0 Å². The van der Waals surface area contributed by atoms with Gasteiger partial charge >= 0.3 is 0 Å². The highest BCUT2D eigenvalue weighted by Gasteiger charge is 2.01. The Kier molecular flexibility index (Phi) is 2.95. The van der Waals surface area contributed by atoms with Crippen LogP contribution in [-0.4, -0.2) is 9.97 Å². The molecule has 1 heterocycles. The molecule has 0 atom stereocenters. The van der Waals surface area contributed by atoms with Crippen LogP contribution in [0.2, 0.25) is 0 Å². The number of aromatic nitrogens is 2. The minimum absolute atomic E-state index is 0.300. The lowest BCUT2D eigenvalue weighted by atomic mass is 10.3. The second-order valence-electron chi connectivity index (χ2n) is 3.23. The van der Waals surface area contributed by atoms with Crippen molar-refractivity contribution < 1.29 is 4.39 Å². The van der Waals surface area contributed by atoms with Crippen molar-refractivity contribution in [3.8, 4) is 0 Å². The molecule has 0 radical (unpaired) electrons. The first-order valence-corrected chi connectivity index (χ1v) is 4.81. The van der Waals surface area contributed by atoms with Crippen molar-refractivity contribution in [3.63, 3.8) is 0 Å². The average Bonchev–Trinajstić information content (AvgIpc) is 2.28. The zero-order chi connectivity index (χ0) is 11.4. The molecule has 82 valence electrons. The molecule has 0 saturated heterocycles. The summed E-state index contributed by atoms with van der Waals surface area (Å²) >= 11 is 0. The second-order valence-corrected chi connectivity index (χ2v) is 3.23. The third-order valence-corrected chi connectivity index (χ3v) is 2.04. The van der Waals surface area contributed by atoms with Crippen molar-refractivity contribution in [1.29, 1.82) is 0 Å². The van der Waals surface area contributed by atoms with Gasteiger partial charge in [0, 0.05) is 6.20 Å². The number of nitrogen functional groups attached to an aromatic ring is 1. The minimum Gasteiger partial charge on any atom is -0.384 e. The van der Waals surface area contributed by atoms with E-state index in [1.807, 2.05) is 0 Å². The van der Waals surface area contributed by atoms with Gasteiger partial charge in [-0.05, 0) is 18.2 Å². The monoisotopic (exact) mass is 218 g/mol. The van der Waals surface area contributed by atoms with E-state index in [9.17, 15) is 4.39 Å². The summed E-state index contributed by atoms with van der Waals surface area (Å²) < 4.78 is 13.2. The lowest BCUT2D eigenvalue weighted by Gasteiger charge is -2.06. The fourth-order valence-corrected chi connectivity index (χ4v) is 1.28. The summed E-state index contributed by atoms with van der Waals surface area (Å²) in [4.78, 5) is 8.01. The Hall–Kier alpha value is -2.17. The van der Waals surface area contributed by atoms with Crippen LogP contribution in [-0.2, 0) is 6.54 Å². The maximum absolute atomic E-state index is 13.2. The van der Waals surface area contributed by atoms with Gasteiger partial charge in [-0.15, -0.1) is 0 Å². The summed E-state index contributed by atoms with van der Waals surface area (Å²) in [6.07, 6.45) is 1.57. The molecule has 0 aliphatic heterocycles. The first-order valence-electron chi connectivity index (χ1n) is 4.81. The molecular formula is C11H11FN4. The average molecular weight is 218 g/mol. The van der Waals surface area contributed by atoms with Gasteiger partial charge in [-0.2, -0.15) is 0 Å². The van der Waals surface area contributed by atoms with Crippen molar-refractivity contribution in [3.05, 3.63) is 48.2 Å². The second kappa shape index (κ2) is 4.57. The predicted octanol–water partition coefficient (Wildman–Crippen LogP) is 1.81. The van der Waals surface area contributed by atoms with Crippen LogP contribution in [0.15, 0.2) is 36.5 Å². The summed E-state index contributed by atoms with van der Waals surface area (Å²) in [6, 6.07) is 8.04. The number of nitrogens with two attached hydrogens (primary N) is 1. The van der Waals surface area contributed by atoms with Crippen LogP contribution < -0.4 is 11.1 Å². The Morgan fingerprint density at radius 1 is 1.25 bits per heavy atom. The molecule has 0 amide bonds. The summed E-state index contributed by atoms with van der Waals surface area (Å²) in [5.41, 5.74) is 5.93. The maximum atomic E-state index is 13.2. The smallest absolute Gasteiger partial charge is 0.149 e. The fourth-order valence-electron chi connectivity index (χ4n) is 1.28. The van der Waals surface area contributed by atoms with Crippen molar-refractivity contribution in [2.24, 2.45) is 0 Å². The van der Waals surface area contributed by atoms with Gasteiger partial charge in [-0.1, -0.05) is 12.1 Å². The largest absolute Gasteiger partial charge is 0.384 e. The zero-order valence-electron chi connectivity index (χ0n) is 8.52. The Morgan fingerprint density at radius 2 is 2.06 bits per heavy atom. The first-order chi connectivity index (χ1) is 7.75. The van der Waals surface area contributed by atoms with E-state index < -0.39 is 0 Å². The van der Waals surface area contributed by atoms with E-state index in [4.69, 9.17) is 5.73 Å².